The topological polar surface area (TPSA) is 136 Å². The number of aryl methyl sites for hydroxylation is 1. The van der Waals surface area contributed by atoms with Crippen molar-refractivity contribution < 1.29 is 13.2 Å². The molecule has 5 rings (SSSR count). The lowest BCUT2D eigenvalue weighted by Gasteiger charge is -2.14. The third-order valence-corrected chi connectivity index (χ3v) is 6.69. The summed E-state index contributed by atoms with van der Waals surface area (Å²) in [6.07, 6.45) is 6.79. The third-order valence-electron chi connectivity index (χ3n) is 5.56. The Balaban J connectivity index is 1.56. The van der Waals surface area contributed by atoms with Crippen molar-refractivity contribution in [2.45, 2.75) is 18.2 Å². The summed E-state index contributed by atoms with van der Waals surface area (Å²) < 4.78 is 28.7. The van der Waals surface area contributed by atoms with Crippen LogP contribution >= 0.6 is 0 Å². The molecule has 36 heavy (non-hydrogen) atoms. The van der Waals surface area contributed by atoms with Crippen LogP contribution in [0.15, 0.2) is 66.1 Å². The molecule has 0 aliphatic carbocycles. The van der Waals surface area contributed by atoms with Crippen molar-refractivity contribution in [1.29, 1.82) is 0 Å². The van der Waals surface area contributed by atoms with E-state index in [1.807, 2.05) is 31.2 Å². The van der Waals surface area contributed by atoms with Crippen LogP contribution in [-0.2, 0) is 16.3 Å². The predicted molar refractivity (Wildman–Crippen MR) is 136 cm³/mol. The molecule has 0 spiro atoms. The van der Waals surface area contributed by atoms with E-state index in [1.54, 1.807) is 44.0 Å². The smallest absolute Gasteiger partial charge is 0.213 e. The molecular formula is C25H23N7O3S. The maximum atomic E-state index is 11.8. The fourth-order valence-corrected chi connectivity index (χ4v) is 4.45. The molecule has 0 fully saturated rings. The van der Waals surface area contributed by atoms with Gasteiger partial charge in [-0.05, 0) is 48.7 Å². The first-order valence-corrected chi connectivity index (χ1v) is 12.9. The van der Waals surface area contributed by atoms with Crippen LogP contribution in [-0.4, -0.2) is 51.7 Å². The molecule has 1 aromatic carbocycles. The fraction of sp³-hybridized carbons (Fsp3) is 0.160. The van der Waals surface area contributed by atoms with Gasteiger partial charge in [-0.25, -0.2) is 33.3 Å². The number of aromatic nitrogens is 6. The number of fused-ring (bicyclic) bond motifs is 1. The van der Waals surface area contributed by atoms with Crippen LogP contribution in [0, 0.1) is 6.92 Å². The molecule has 0 radical (unpaired) electrons. The molecule has 4 aromatic heterocycles. The lowest BCUT2D eigenvalue weighted by atomic mass is 10.0. The van der Waals surface area contributed by atoms with E-state index in [-0.39, 0.29) is 4.90 Å². The van der Waals surface area contributed by atoms with Gasteiger partial charge >= 0.3 is 0 Å². The average Bonchev–Trinajstić information content (AvgIpc) is 3.33. The Morgan fingerprint density at radius 3 is 2.47 bits per heavy atom. The van der Waals surface area contributed by atoms with Crippen molar-refractivity contribution in [1.82, 2.24) is 29.9 Å². The monoisotopic (exact) mass is 501 g/mol. The SMILES string of the molecule is COc1ccc(Nc2ncc(Cc3ccc(S(C)(=O)=O)cc3)cc2-c2nc(C)nc3nc[nH]c23)cn1. The van der Waals surface area contributed by atoms with Crippen molar-refractivity contribution in [3.63, 3.8) is 0 Å². The summed E-state index contributed by atoms with van der Waals surface area (Å²) in [5, 5.41) is 3.32. The van der Waals surface area contributed by atoms with Gasteiger partial charge in [-0.1, -0.05) is 12.1 Å². The first-order chi connectivity index (χ1) is 17.3. The minimum Gasteiger partial charge on any atom is -0.481 e. The maximum absolute atomic E-state index is 11.8. The Morgan fingerprint density at radius 2 is 1.78 bits per heavy atom. The molecule has 11 heteroatoms. The number of pyridine rings is 2. The number of anilines is 2. The molecule has 0 saturated carbocycles. The highest BCUT2D eigenvalue weighted by atomic mass is 32.2. The van der Waals surface area contributed by atoms with Crippen molar-refractivity contribution >= 4 is 32.5 Å². The fourth-order valence-electron chi connectivity index (χ4n) is 3.82. The van der Waals surface area contributed by atoms with Crippen molar-refractivity contribution in [3.05, 3.63) is 78.1 Å². The number of benzene rings is 1. The molecule has 0 amide bonds. The largest absolute Gasteiger partial charge is 0.481 e. The number of imidazole rings is 1. The number of H-pyrrole nitrogens is 1. The van der Waals surface area contributed by atoms with Gasteiger partial charge in [0, 0.05) is 24.1 Å². The van der Waals surface area contributed by atoms with Crippen molar-refractivity contribution in [2.24, 2.45) is 0 Å². The van der Waals surface area contributed by atoms with Crippen LogP contribution in [0.5, 0.6) is 5.88 Å². The van der Waals surface area contributed by atoms with Crippen molar-refractivity contribution in [2.75, 3.05) is 18.7 Å². The summed E-state index contributed by atoms with van der Waals surface area (Å²) in [6, 6.07) is 12.5. The molecular weight excluding hydrogens is 478 g/mol. The second-order valence-electron chi connectivity index (χ2n) is 8.27. The number of sulfone groups is 1. The quantitative estimate of drug-likeness (QED) is 0.341. The lowest BCUT2D eigenvalue weighted by molar-refractivity contribution is 0.398. The Hall–Kier alpha value is -4.38. The first kappa shape index (κ1) is 23.4. The minimum atomic E-state index is -3.25. The molecule has 0 unspecified atom stereocenters. The highest BCUT2D eigenvalue weighted by molar-refractivity contribution is 7.90. The second-order valence-corrected chi connectivity index (χ2v) is 10.3. The van der Waals surface area contributed by atoms with Crippen LogP contribution in [0.2, 0.25) is 0 Å². The van der Waals surface area contributed by atoms with E-state index < -0.39 is 9.84 Å². The highest BCUT2D eigenvalue weighted by Crippen LogP contribution is 2.32. The standard InChI is InChI=1S/C25H23N7O3S/c1-15-30-22(23-25(31-15)29-14-28-23)20-11-17(10-16-4-7-19(8-5-16)36(3,33)34)12-27-24(20)32-18-6-9-21(35-2)26-13-18/h4-9,11-14H,10H2,1-3H3,(H,27,32)(H,28,29,30,31). The summed E-state index contributed by atoms with van der Waals surface area (Å²) in [6.45, 7) is 1.82. The molecule has 10 nitrogen and oxygen atoms in total. The van der Waals surface area contributed by atoms with Gasteiger partial charge in [0.2, 0.25) is 5.88 Å². The summed E-state index contributed by atoms with van der Waals surface area (Å²) in [7, 11) is -1.69. The minimum absolute atomic E-state index is 0.288. The Bertz CT molecular complexity index is 1650. The van der Waals surface area contributed by atoms with Gasteiger partial charge in [0.05, 0.1) is 30.2 Å². The number of nitrogens with one attached hydrogen (secondary N) is 2. The van der Waals surface area contributed by atoms with Crippen LogP contribution in [0.25, 0.3) is 22.4 Å². The molecule has 0 atom stereocenters. The van der Waals surface area contributed by atoms with E-state index in [9.17, 15) is 8.42 Å². The number of aromatic amines is 1. The Kier molecular flexibility index (Phi) is 6.06. The maximum Gasteiger partial charge on any atom is 0.213 e. The molecule has 182 valence electrons. The Labute approximate surface area is 207 Å². The van der Waals surface area contributed by atoms with Crippen LogP contribution in [0.4, 0.5) is 11.5 Å². The third kappa shape index (κ3) is 4.86. The zero-order chi connectivity index (χ0) is 25.3. The summed E-state index contributed by atoms with van der Waals surface area (Å²) in [4.78, 5) is 25.8. The first-order valence-electron chi connectivity index (χ1n) is 11.0. The van der Waals surface area contributed by atoms with Crippen LogP contribution in [0.1, 0.15) is 17.0 Å². The van der Waals surface area contributed by atoms with Crippen LogP contribution in [0.3, 0.4) is 0 Å². The average molecular weight is 502 g/mol. The summed E-state index contributed by atoms with van der Waals surface area (Å²) in [5.41, 5.74) is 5.32. The second kappa shape index (κ2) is 9.34. The number of rotatable bonds is 7. The number of methoxy groups -OCH3 is 1. The van der Waals surface area contributed by atoms with E-state index in [2.05, 4.69) is 25.3 Å². The van der Waals surface area contributed by atoms with Crippen molar-refractivity contribution in [3.8, 4) is 17.1 Å². The van der Waals surface area contributed by atoms with Gasteiger partial charge in [-0.2, -0.15) is 0 Å². The normalized spacial score (nSPS) is 11.5. The number of hydrogen-bond acceptors (Lipinski definition) is 9. The van der Waals surface area contributed by atoms with E-state index in [0.29, 0.717) is 40.8 Å². The van der Waals surface area contributed by atoms with Crippen LogP contribution < -0.4 is 10.1 Å². The molecule has 4 heterocycles. The van der Waals surface area contributed by atoms with Gasteiger partial charge in [-0.3, -0.25) is 0 Å². The zero-order valence-electron chi connectivity index (χ0n) is 19.8. The molecule has 0 saturated heterocycles. The van der Waals surface area contributed by atoms with E-state index in [0.717, 1.165) is 22.4 Å². The highest BCUT2D eigenvalue weighted by Gasteiger charge is 2.17. The Morgan fingerprint density at radius 1 is 0.972 bits per heavy atom. The number of hydrogen-bond donors (Lipinski definition) is 2. The van der Waals surface area contributed by atoms with Gasteiger partial charge < -0.3 is 15.0 Å². The summed E-state index contributed by atoms with van der Waals surface area (Å²) >= 11 is 0. The molecule has 5 aromatic rings. The van der Waals surface area contributed by atoms with E-state index in [1.165, 1.54) is 6.26 Å². The van der Waals surface area contributed by atoms with E-state index >= 15 is 0 Å². The lowest BCUT2D eigenvalue weighted by Crippen LogP contribution is -2.02. The van der Waals surface area contributed by atoms with Gasteiger partial charge in [0.1, 0.15) is 22.9 Å². The predicted octanol–water partition coefficient (Wildman–Crippen LogP) is 3.86. The zero-order valence-corrected chi connectivity index (χ0v) is 20.7. The van der Waals surface area contributed by atoms with Gasteiger partial charge in [0.15, 0.2) is 15.5 Å². The number of ether oxygens (including phenoxy) is 1. The van der Waals surface area contributed by atoms with Gasteiger partial charge in [-0.15, -0.1) is 0 Å². The van der Waals surface area contributed by atoms with Gasteiger partial charge in [0.25, 0.3) is 0 Å². The molecule has 0 aliphatic rings. The number of nitrogens with zero attached hydrogens (tertiary/aromatic N) is 5. The molecule has 0 aliphatic heterocycles. The molecule has 0 bridgehead atoms. The van der Waals surface area contributed by atoms with E-state index in [4.69, 9.17) is 14.7 Å². The molecule has 2 N–H and O–H groups in total. The summed E-state index contributed by atoms with van der Waals surface area (Å²) in [5.74, 6) is 1.69.